The third-order valence-electron chi connectivity index (χ3n) is 2.01. The summed E-state index contributed by atoms with van der Waals surface area (Å²) in [6.07, 6.45) is 8.86. The van der Waals surface area contributed by atoms with Gasteiger partial charge in [0, 0.05) is 0 Å². The van der Waals surface area contributed by atoms with Gasteiger partial charge in [0.25, 0.3) is 0 Å². The van der Waals surface area contributed by atoms with Crippen LogP contribution in [0.4, 0.5) is 0 Å². The fourth-order valence-electron chi connectivity index (χ4n) is 1.24. The molecule has 0 aliphatic carbocycles. The summed E-state index contributed by atoms with van der Waals surface area (Å²) in [6, 6.07) is 0. The van der Waals surface area contributed by atoms with Crippen molar-refractivity contribution < 1.29 is 5.11 Å². The topological polar surface area (TPSA) is 20.2 Å². The van der Waals surface area contributed by atoms with Crippen LogP contribution in [0.3, 0.4) is 0 Å². The lowest BCUT2D eigenvalue weighted by Gasteiger charge is -2.03. The summed E-state index contributed by atoms with van der Waals surface area (Å²) in [5, 5.41) is 8.99. The fourth-order valence-corrected chi connectivity index (χ4v) is 1.78. The summed E-state index contributed by atoms with van der Waals surface area (Å²) in [5.74, 6) is 0. The van der Waals surface area contributed by atoms with Gasteiger partial charge in [-0.15, -0.1) is 0 Å². The molecule has 0 spiro atoms. The highest BCUT2D eigenvalue weighted by Gasteiger charge is 1.95. The SMILES string of the molecule is C[C@@H](O)CCCCCCCCI. The first-order valence-corrected chi connectivity index (χ1v) is 6.54. The fraction of sp³-hybridized carbons (Fsp3) is 1.00. The predicted molar refractivity (Wildman–Crippen MR) is 62.9 cm³/mol. The van der Waals surface area contributed by atoms with Crippen molar-refractivity contribution in [3.05, 3.63) is 0 Å². The summed E-state index contributed by atoms with van der Waals surface area (Å²) in [7, 11) is 0. The normalized spacial score (nSPS) is 13.2. The lowest BCUT2D eigenvalue weighted by Crippen LogP contribution is -1.98. The molecule has 1 N–H and O–H groups in total. The van der Waals surface area contributed by atoms with E-state index in [1.165, 1.54) is 43.0 Å². The number of hydrogen-bond donors (Lipinski definition) is 1. The van der Waals surface area contributed by atoms with Crippen LogP contribution in [0.1, 0.15) is 51.9 Å². The Balaban J connectivity index is 2.82. The van der Waals surface area contributed by atoms with E-state index in [9.17, 15) is 0 Å². The van der Waals surface area contributed by atoms with Gasteiger partial charge in [0.05, 0.1) is 6.10 Å². The Labute approximate surface area is 90.1 Å². The van der Waals surface area contributed by atoms with Crippen LogP contribution >= 0.6 is 22.6 Å². The molecule has 0 heterocycles. The van der Waals surface area contributed by atoms with E-state index < -0.39 is 0 Å². The quantitative estimate of drug-likeness (QED) is 0.410. The van der Waals surface area contributed by atoms with Gasteiger partial charge in [-0.2, -0.15) is 0 Å². The van der Waals surface area contributed by atoms with Crippen molar-refractivity contribution in [2.75, 3.05) is 4.43 Å². The Morgan fingerprint density at radius 3 is 2.00 bits per heavy atom. The van der Waals surface area contributed by atoms with E-state index in [0.29, 0.717) is 0 Å². The number of aliphatic hydroxyl groups is 1. The van der Waals surface area contributed by atoms with Gasteiger partial charge in [0.15, 0.2) is 0 Å². The van der Waals surface area contributed by atoms with Gasteiger partial charge in [-0.3, -0.25) is 0 Å². The third-order valence-corrected chi connectivity index (χ3v) is 2.77. The molecule has 0 aromatic carbocycles. The van der Waals surface area contributed by atoms with Gasteiger partial charge < -0.3 is 5.11 Å². The molecule has 12 heavy (non-hydrogen) atoms. The maximum absolute atomic E-state index is 8.99. The second-order valence-electron chi connectivity index (χ2n) is 3.45. The molecule has 0 radical (unpaired) electrons. The van der Waals surface area contributed by atoms with Crippen molar-refractivity contribution in [3.8, 4) is 0 Å². The Kier molecular flexibility index (Phi) is 10.3. The summed E-state index contributed by atoms with van der Waals surface area (Å²) in [6.45, 7) is 1.87. The highest BCUT2D eigenvalue weighted by molar-refractivity contribution is 14.1. The molecule has 0 rings (SSSR count). The van der Waals surface area contributed by atoms with Crippen molar-refractivity contribution in [1.82, 2.24) is 0 Å². The van der Waals surface area contributed by atoms with Crippen molar-refractivity contribution in [2.24, 2.45) is 0 Å². The number of halogens is 1. The first kappa shape index (κ1) is 12.7. The molecule has 2 heteroatoms. The van der Waals surface area contributed by atoms with Gasteiger partial charge in [-0.05, 0) is 24.2 Å². The number of rotatable bonds is 8. The van der Waals surface area contributed by atoms with E-state index in [-0.39, 0.29) is 6.10 Å². The zero-order chi connectivity index (χ0) is 9.23. The number of unbranched alkanes of at least 4 members (excludes halogenated alkanes) is 5. The van der Waals surface area contributed by atoms with Gasteiger partial charge in [0.1, 0.15) is 0 Å². The van der Waals surface area contributed by atoms with E-state index in [0.717, 1.165) is 6.42 Å². The molecule has 0 saturated carbocycles. The maximum atomic E-state index is 8.99. The van der Waals surface area contributed by atoms with Crippen LogP contribution < -0.4 is 0 Å². The monoisotopic (exact) mass is 284 g/mol. The van der Waals surface area contributed by atoms with E-state index >= 15 is 0 Å². The Morgan fingerprint density at radius 1 is 1.00 bits per heavy atom. The van der Waals surface area contributed by atoms with Gasteiger partial charge in [-0.25, -0.2) is 0 Å². The molecule has 0 fully saturated rings. The molecular formula is C10H21IO. The summed E-state index contributed by atoms with van der Waals surface area (Å²) in [4.78, 5) is 0. The largest absolute Gasteiger partial charge is 0.393 e. The lowest BCUT2D eigenvalue weighted by molar-refractivity contribution is 0.180. The van der Waals surface area contributed by atoms with Gasteiger partial charge in [0.2, 0.25) is 0 Å². The molecule has 74 valence electrons. The summed E-state index contributed by atoms with van der Waals surface area (Å²) < 4.78 is 1.30. The Bertz CT molecular complexity index is 83.9. The van der Waals surface area contributed by atoms with Crippen molar-refractivity contribution >= 4 is 22.6 Å². The zero-order valence-electron chi connectivity index (χ0n) is 8.06. The van der Waals surface area contributed by atoms with Crippen LogP contribution in [0.2, 0.25) is 0 Å². The molecule has 1 nitrogen and oxygen atoms in total. The first-order valence-electron chi connectivity index (χ1n) is 5.01. The Morgan fingerprint density at radius 2 is 1.50 bits per heavy atom. The van der Waals surface area contributed by atoms with Crippen LogP contribution in [0.5, 0.6) is 0 Å². The predicted octanol–water partition coefficient (Wildman–Crippen LogP) is 3.53. The van der Waals surface area contributed by atoms with Crippen LogP contribution in [0.15, 0.2) is 0 Å². The smallest absolute Gasteiger partial charge is 0.0512 e. The molecule has 1 atom stereocenters. The van der Waals surface area contributed by atoms with E-state index in [4.69, 9.17) is 5.11 Å². The standard InChI is InChI=1S/C10H21IO/c1-10(12)8-6-4-2-3-5-7-9-11/h10,12H,2-9H2,1H3/t10-/m1/s1. The molecular weight excluding hydrogens is 263 g/mol. The second kappa shape index (κ2) is 9.78. The third kappa shape index (κ3) is 10.7. The second-order valence-corrected chi connectivity index (χ2v) is 4.53. The summed E-state index contributed by atoms with van der Waals surface area (Å²) >= 11 is 2.43. The van der Waals surface area contributed by atoms with E-state index in [1.54, 1.807) is 0 Å². The average Bonchev–Trinajstić information content (AvgIpc) is 2.02. The molecule has 0 unspecified atom stereocenters. The Hall–Kier alpha value is 0.690. The zero-order valence-corrected chi connectivity index (χ0v) is 10.2. The van der Waals surface area contributed by atoms with Gasteiger partial charge >= 0.3 is 0 Å². The molecule has 0 bridgehead atoms. The van der Waals surface area contributed by atoms with Crippen LogP contribution in [0.25, 0.3) is 0 Å². The number of aliphatic hydroxyl groups excluding tert-OH is 1. The minimum atomic E-state index is -0.0978. The number of alkyl halides is 1. The highest BCUT2D eigenvalue weighted by atomic mass is 127. The molecule has 0 saturated heterocycles. The average molecular weight is 284 g/mol. The first-order chi connectivity index (χ1) is 5.77. The van der Waals surface area contributed by atoms with Crippen molar-refractivity contribution in [2.45, 2.75) is 58.0 Å². The van der Waals surface area contributed by atoms with E-state index in [2.05, 4.69) is 22.6 Å². The summed E-state index contributed by atoms with van der Waals surface area (Å²) in [5.41, 5.74) is 0. The van der Waals surface area contributed by atoms with Crippen LogP contribution in [-0.2, 0) is 0 Å². The maximum Gasteiger partial charge on any atom is 0.0512 e. The molecule has 0 aliphatic heterocycles. The minimum absolute atomic E-state index is 0.0978. The molecule has 0 amide bonds. The van der Waals surface area contributed by atoms with Crippen LogP contribution in [0, 0.1) is 0 Å². The molecule has 0 aromatic heterocycles. The van der Waals surface area contributed by atoms with Crippen LogP contribution in [-0.4, -0.2) is 15.6 Å². The van der Waals surface area contributed by atoms with E-state index in [1.807, 2.05) is 6.92 Å². The highest BCUT2D eigenvalue weighted by Crippen LogP contribution is 2.09. The van der Waals surface area contributed by atoms with Crippen molar-refractivity contribution in [1.29, 1.82) is 0 Å². The lowest BCUT2D eigenvalue weighted by atomic mass is 10.1. The molecule has 0 aromatic rings. The molecule has 0 aliphatic rings. The van der Waals surface area contributed by atoms with Crippen molar-refractivity contribution in [3.63, 3.8) is 0 Å². The minimum Gasteiger partial charge on any atom is -0.393 e. The van der Waals surface area contributed by atoms with Gasteiger partial charge in [-0.1, -0.05) is 54.7 Å². The number of hydrogen-bond acceptors (Lipinski definition) is 1.